The standard InChI is InChI=1S/C21H25NO2/c1-16-14-22(15-17(2)24-16)13-12-21(23)20-10-8-19(9-11-20)18-6-4-3-5-7-18/h3-11,16-17H,12-15H2,1-2H3. The summed E-state index contributed by atoms with van der Waals surface area (Å²) < 4.78 is 5.74. The Morgan fingerprint density at radius 2 is 1.54 bits per heavy atom. The van der Waals surface area contributed by atoms with E-state index in [1.165, 1.54) is 5.56 Å². The molecular weight excluding hydrogens is 298 g/mol. The summed E-state index contributed by atoms with van der Waals surface area (Å²) in [5.41, 5.74) is 3.11. The van der Waals surface area contributed by atoms with Gasteiger partial charge in [-0.1, -0.05) is 54.6 Å². The highest BCUT2D eigenvalue weighted by Crippen LogP contribution is 2.20. The van der Waals surface area contributed by atoms with Crippen molar-refractivity contribution in [2.75, 3.05) is 19.6 Å². The van der Waals surface area contributed by atoms with E-state index in [-0.39, 0.29) is 18.0 Å². The quantitative estimate of drug-likeness (QED) is 0.778. The fourth-order valence-electron chi connectivity index (χ4n) is 3.35. The largest absolute Gasteiger partial charge is 0.373 e. The topological polar surface area (TPSA) is 29.5 Å². The van der Waals surface area contributed by atoms with Crippen LogP contribution in [-0.2, 0) is 4.74 Å². The first-order valence-electron chi connectivity index (χ1n) is 8.68. The van der Waals surface area contributed by atoms with Gasteiger partial charge in [-0.05, 0) is 25.0 Å². The summed E-state index contributed by atoms with van der Waals surface area (Å²) in [6, 6.07) is 18.2. The average Bonchev–Trinajstić information content (AvgIpc) is 2.60. The molecule has 126 valence electrons. The zero-order valence-electron chi connectivity index (χ0n) is 14.4. The molecule has 1 heterocycles. The Balaban J connectivity index is 1.57. The molecule has 3 nitrogen and oxygen atoms in total. The summed E-state index contributed by atoms with van der Waals surface area (Å²) in [5.74, 6) is 0.210. The molecule has 0 N–H and O–H groups in total. The normalized spacial score (nSPS) is 21.6. The van der Waals surface area contributed by atoms with E-state index < -0.39 is 0 Å². The van der Waals surface area contributed by atoms with E-state index in [1.54, 1.807) is 0 Å². The SMILES string of the molecule is CC1CN(CCC(=O)c2ccc(-c3ccccc3)cc2)CC(C)O1. The number of morpholine rings is 1. The van der Waals surface area contributed by atoms with Gasteiger partial charge in [0.1, 0.15) is 0 Å². The van der Waals surface area contributed by atoms with E-state index >= 15 is 0 Å². The molecule has 0 amide bonds. The van der Waals surface area contributed by atoms with Crippen molar-refractivity contribution in [1.29, 1.82) is 0 Å². The fourth-order valence-corrected chi connectivity index (χ4v) is 3.35. The van der Waals surface area contributed by atoms with Crippen molar-refractivity contribution in [3.8, 4) is 11.1 Å². The average molecular weight is 323 g/mol. The lowest BCUT2D eigenvalue weighted by molar-refractivity contribution is -0.0675. The van der Waals surface area contributed by atoms with E-state index in [0.717, 1.165) is 30.8 Å². The van der Waals surface area contributed by atoms with Crippen LogP contribution in [0.3, 0.4) is 0 Å². The number of carbonyl (C=O) groups is 1. The van der Waals surface area contributed by atoms with Gasteiger partial charge in [-0.25, -0.2) is 0 Å². The van der Waals surface area contributed by atoms with Gasteiger partial charge in [-0.15, -0.1) is 0 Å². The number of ether oxygens (including phenoxy) is 1. The fraction of sp³-hybridized carbons (Fsp3) is 0.381. The maximum Gasteiger partial charge on any atom is 0.164 e. The van der Waals surface area contributed by atoms with Crippen LogP contribution in [0, 0.1) is 0 Å². The highest BCUT2D eigenvalue weighted by atomic mass is 16.5. The van der Waals surface area contributed by atoms with Gasteiger partial charge in [0.2, 0.25) is 0 Å². The molecule has 2 aromatic carbocycles. The van der Waals surface area contributed by atoms with Crippen LogP contribution in [0.4, 0.5) is 0 Å². The van der Waals surface area contributed by atoms with Gasteiger partial charge in [-0.3, -0.25) is 9.69 Å². The maximum atomic E-state index is 12.4. The third-order valence-corrected chi connectivity index (χ3v) is 4.46. The number of ketones is 1. The van der Waals surface area contributed by atoms with Crippen LogP contribution in [0.5, 0.6) is 0 Å². The predicted molar refractivity (Wildman–Crippen MR) is 97.3 cm³/mol. The van der Waals surface area contributed by atoms with E-state index in [2.05, 4.69) is 30.9 Å². The lowest BCUT2D eigenvalue weighted by atomic mass is 10.0. The summed E-state index contributed by atoms with van der Waals surface area (Å²) in [4.78, 5) is 14.8. The highest BCUT2D eigenvalue weighted by Gasteiger charge is 2.22. The number of hydrogen-bond donors (Lipinski definition) is 0. The van der Waals surface area contributed by atoms with Crippen LogP contribution in [0.25, 0.3) is 11.1 Å². The summed E-state index contributed by atoms with van der Waals surface area (Å²) >= 11 is 0. The Kier molecular flexibility index (Phi) is 5.44. The van der Waals surface area contributed by atoms with Crippen molar-refractivity contribution >= 4 is 5.78 Å². The Morgan fingerprint density at radius 1 is 0.958 bits per heavy atom. The molecule has 3 rings (SSSR count). The van der Waals surface area contributed by atoms with Crippen molar-refractivity contribution in [2.45, 2.75) is 32.5 Å². The van der Waals surface area contributed by atoms with Gasteiger partial charge < -0.3 is 4.74 Å². The summed E-state index contributed by atoms with van der Waals surface area (Å²) in [5, 5.41) is 0. The van der Waals surface area contributed by atoms with Gasteiger partial charge in [0.25, 0.3) is 0 Å². The van der Waals surface area contributed by atoms with Crippen molar-refractivity contribution < 1.29 is 9.53 Å². The number of rotatable bonds is 5. The van der Waals surface area contributed by atoms with Crippen molar-refractivity contribution in [1.82, 2.24) is 4.90 Å². The molecule has 0 aromatic heterocycles. The zero-order valence-corrected chi connectivity index (χ0v) is 14.4. The van der Waals surface area contributed by atoms with E-state index in [0.29, 0.717) is 6.42 Å². The van der Waals surface area contributed by atoms with Gasteiger partial charge in [-0.2, -0.15) is 0 Å². The molecule has 3 heteroatoms. The van der Waals surface area contributed by atoms with Crippen molar-refractivity contribution in [3.63, 3.8) is 0 Å². The number of nitrogens with zero attached hydrogens (tertiary/aromatic N) is 1. The Morgan fingerprint density at radius 3 is 2.17 bits per heavy atom. The first kappa shape index (κ1) is 16.9. The highest BCUT2D eigenvalue weighted by molar-refractivity contribution is 5.96. The minimum Gasteiger partial charge on any atom is -0.373 e. The Bertz CT molecular complexity index is 656. The van der Waals surface area contributed by atoms with Crippen LogP contribution < -0.4 is 0 Å². The number of carbonyl (C=O) groups excluding carboxylic acids is 1. The molecular formula is C21H25NO2. The molecule has 1 aliphatic rings. The first-order valence-corrected chi connectivity index (χ1v) is 8.68. The second kappa shape index (κ2) is 7.73. The molecule has 0 spiro atoms. The van der Waals surface area contributed by atoms with Gasteiger partial charge in [0.15, 0.2) is 5.78 Å². The van der Waals surface area contributed by atoms with E-state index in [1.807, 2.05) is 42.5 Å². The summed E-state index contributed by atoms with van der Waals surface area (Å²) in [6.07, 6.45) is 1.05. The Hall–Kier alpha value is -1.97. The molecule has 1 fully saturated rings. The van der Waals surface area contributed by atoms with Crippen LogP contribution in [0.2, 0.25) is 0 Å². The van der Waals surface area contributed by atoms with Crippen molar-refractivity contribution in [2.24, 2.45) is 0 Å². The monoisotopic (exact) mass is 323 g/mol. The van der Waals surface area contributed by atoms with Gasteiger partial charge in [0.05, 0.1) is 12.2 Å². The maximum absolute atomic E-state index is 12.4. The van der Waals surface area contributed by atoms with Crippen LogP contribution in [0.1, 0.15) is 30.6 Å². The number of Topliss-reactive ketones (excluding diaryl/α,β-unsaturated/α-hetero) is 1. The second-order valence-corrected chi connectivity index (χ2v) is 6.63. The number of benzene rings is 2. The molecule has 0 bridgehead atoms. The molecule has 0 aliphatic carbocycles. The lowest BCUT2D eigenvalue weighted by Gasteiger charge is -2.35. The molecule has 2 atom stereocenters. The van der Waals surface area contributed by atoms with Crippen LogP contribution >= 0.6 is 0 Å². The van der Waals surface area contributed by atoms with Crippen molar-refractivity contribution in [3.05, 3.63) is 60.2 Å². The molecule has 1 saturated heterocycles. The third kappa shape index (κ3) is 4.31. The smallest absolute Gasteiger partial charge is 0.164 e. The van der Waals surface area contributed by atoms with E-state index in [4.69, 9.17) is 4.74 Å². The zero-order chi connectivity index (χ0) is 16.9. The molecule has 1 aliphatic heterocycles. The lowest BCUT2D eigenvalue weighted by Crippen LogP contribution is -2.46. The summed E-state index contributed by atoms with van der Waals surface area (Å²) in [7, 11) is 0. The second-order valence-electron chi connectivity index (χ2n) is 6.63. The van der Waals surface area contributed by atoms with Gasteiger partial charge in [0, 0.05) is 31.6 Å². The first-order chi connectivity index (χ1) is 11.6. The Labute approximate surface area is 144 Å². The minimum absolute atomic E-state index is 0.210. The number of hydrogen-bond acceptors (Lipinski definition) is 3. The molecule has 2 unspecified atom stereocenters. The molecule has 24 heavy (non-hydrogen) atoms. The van der Waals surface area contributed by atoms with Gasteiger partial charge >= 0.3 is 0 Å². The van der Waals surface area contributed by atoms with E-state index in [9.17, 15) is 4.79 Å². The third-order valence-electron chi connectivity index (χ3n) is 4.46. The minimum atomic E-state index is 0.210. The van der Waals surface area contributed by atoms with Crippen LogP contribution in [-0.4, -0.2) is 42.5 Å². The molecule has 0 radical (unpaired) electrons. The predicted octanol–water partition coefficient (Wildman–Crippen LogP) is 4.04. The summed E-state index contributed by atoms with van der Waals surface area (Å²) in [6.45, 7) is 6.80. The molecule has 2 aromatic rings. The molecule has 0 saturated carbocycles. The van der Waals surface area contributed by atoms with Crippen LogP contribution in [0.15, 0.2) is 54.6 Å².